The van der Waals surface area contributed by atoms with Gasteiger partial charge in [0.05, 0.1) is 0 Å². The Morgan fingerprint density at radius 2 is 2.50 bits per heavy atom. The summed E-state index contributed by atoms with van der Waals surface area (Å²) in [5.74, 6) is 0. The fourth-order valence-corrected chi connectivity index (χ4v) is 3.21. The van der Waals surface area contributed by atoms with E-state index in [2.05, 4.69) is 22.5 Å². The van der Waals surface area contributed by atoms with E-state index in [9.17, 15) is 0 Å². The van der Waals surface area contributed by atoms with E-state index in [1.807, 2.05) is 0 Å². The van der Waals surface area contributed by atoms with Crippen LogP contribution in [0.1, 0.15) is 0 Å². The molecule has 2 radical (unpaired) electrons. The van der Waals surface area contributed by atoms with E-state index in [1.165, 1.54) is 8.96 Å². The molecule has 38 valence electrons. The monoisotopic (exact) mass is 186 g/mol. The molecule has 0 aliphatic heterocycles. The summed E-state index contributed by atoms with van der Waals surface area (Å²) < 4.78 is 2.81. The van der Waals surface area contributed by atoms with Crippen molar-refractivity contribution in [1.82, 2.24) is 0 Å². The molecule has 2 heterocycles. The fraction of sp³-hybridized carbons (Fsp3) is 0. The number of hydrogen-bond donors (Lipinski definition) is 0. The molecule has 0 fully saturated rings. The maximum atomic E-state index is 3.20. The molecule has 0 spiro atoms. The first-order chi connectivity index (χ1) is 3.97. The van der Waals surface area contributed by atoms with Gasteiger partial charge in [-0.2, -0.15) is 0 Å². The summed E-state index contributed by atoms with van der Waals surface area (Å²) in [6.07, 6.45) is 0. The van der Waals surface area contributed by atoms with E-state index in [0.717, 1.165) is 0 Å². The number of thiophene rings is 1. The minimum atomic E-state index is 0.506. The molecule has 0 atom stereocenters. The molecular formula is C6H2SSe. The summed E-state index contributed by atoms with van der Waals surface area (Å²) in [4.78, 5) is 3.20. The first-order valence-electron chi connectivity index (χ1n) is 2.22. The van der Waals surface area contributed by atoms with Crippen LogP contribution >= 0.6 is 11.3 Å². The Labute approximate surface area is 57.5 Å². The Kier molecular flexibility index (Phi) is 1.04. The van der Waals surface area contributed by atoms with E-state index >= 15 is 0 Å². The van der Waals surface area contributed by atoms with Gasteiger partial charge in [0.15, 0.2) is 0 Å². The molecule has 0 aliphatic carbocycles. The predicted molar refractivity (Wildman–Crippen MR) is 36.4 cm³/mol. The van der Waals surface area contributed by atoms with E-state index in [1.54, 1.807) is 11.3 Å². The molecule has 2 aromatic heterocycles. The Morgan fingerprint density at radius 1 is 1.50 bits per heavy atom. The third-order valence-electron chi connectivity index (χ3n) is 0.961. The van der Waals surface area contributed by atoms with Crippen molar-refractivity contribution in [2.24, 2.45) is 0 Å². The summed E-state index contributed by atoms with van der Waals surface area (Å²) in [5.41, 5.74) is 0. The van der Waals surface area contributed by atoms with Crippen molar-refractivity contribution in [3.63, 3.8) is 0 Å². The van der Waals surface area contributed by atoms with Crippen LogP contribution in [0.5, 0.6) is 0 Å². The molecule has 0 saturated carbocycles. The van der Waals surface area contributed by atoms with Crippen molar-refractivity contribution in [3.8, 4) is 0 Å². The number of fused-ring (bicyclic) bond motifs is 1. The normalized spacial score (nSPS) is 10.5. The van der Waals surface area contributed by atoms with Gasteiger partial charge in [-0.15, -0.1) is 0 Å². The van der Waals surface area contributed by atoms with Crippen molar-refractivity contribution < 1.29 is 0 Å². The van der Waals surface area contributed by atoms with Gasteiger partial charge in [-0.25, -0.2) is 0 Å². The molecule has 0 aliphatic rings. The quantitative estimate of drug-likeness (QED) is 0.546. The third kappa shape index (κ3) is 0.575. The minimum absolute atomic E-state index is 0.506. The van der Waals surface area contributed by atoms with Crippen molar-refractivity contribution >= 4 is 34.8 Å². The number of hydrogen-bond acceptors (Lipinski definition) is 1. The van der Waals surface area contributed by atoms with Gasteiger partial charge in [-0.3, -0.25) is 0 Å². The fourth-order valence-electron chi connectivity index (χ4n) is 0.595. The number of rotatable bonds is 0. The molecule has 2 aromatic rings. The van der Waals surface area contributed by atoms with Crippen molar-refractivity contribution in [3.05, 3.63) is 22.5 Å². The maximum absolute atomic E-state index is 3.20. The summed E-state index contributed by atoms with van der Waals surface area (Å²) in [5, 5.41) is 3.09. The van der Waals surface area contributed by atoms with Crippen LogP contribution in [-0.2, 0) is 0 Å². The van der Waals surface area contributed by atoms with Crippen molar-refractivity contribution in [2.75, 3.05) is 0 Å². The summed E-state index contributed by atoms with van der Waals surface area (Å²) >= 11 is 2.19. The van der Waals surface area contributed by atoms with E-state index in [4.69, 9.17) is 0 Å². The molecule has 2 rings (SSSR count). The first-order valence-corrected chi connectivity index (χ1v) is 4.75. The Bertz CT molecular complexity index is 230. The standard InChI is InChI=1S/C6H2SSe/c1-3-7-5-2-4-8-6(1)5/h1-2H. The second-order valence-corrected chi connectivity index (χ2v) is 4.18. The van der Waals surface area contributed by atoms with E-state index in [0.29, 0.717) is 14.5 Å². The molecule has 0 unspecified atom stereocenters. The molecule has 0 amide bonds. The summed E-state index contributed by atoms with van der Waals surface area (Å²) in [7, 11) is 0. The van der Waals surface area contributed by atoms with Gasteiger partial charge >= 0.3 is 57.3 Å². The van der Waals surface area contributed by atoms with Gasteiger partial charge in [-0.1, -0.05) is 0 Å². The predicted octanol–water partition coefficient (Wildman–Crippen LogP) is 1.56. The molecule has 0 bridgehead atoms. The van der Waals surface area contributed by atoms with Crippen LogP contribution < -0.4 is 0 Å². The Morgan fingerprint density at radius 3 is 3.38 bits per heavy atom. The van der Waals surface area contributed by atoms with Crippen LogP contribution in [0.4, 0.5) is 0 Å². The van der Waals surface area contributed by atoms with Crippen LogP contribution in [0.15, 0.2) is 12.1 Å². The van der Waals surface area contributed by atoms with Gasteiger partial charge in [0.25, 0.3) is 0 Å². The SMILES string of the molecule is [c]1cc2[se][c]cc2s1. The van der Waals surface area contributed by atoms with Crippen molar-refractivity contribution in [2.45, 2.75) is 0 Å². The zero-order chi connectivity index (χ0) is 5.40. The van der Waals surface area contributed by atoms with Gasteiger partial charge in [0, 0.05) is 0 Å². The molecule has 0 saturated heterocycles. The molecule has 0 aromatic carbocycles. The van der Waals surface area contributed by atoms with Crippen LogP contribution in [0.3, 0.4) is 0 Å². The molecule has 0 nitrogen and oxygen atoms in total. The average molecular weight is 185 g/mol. The van der Waals surface area contributed by atoms with Crippen LogP contribution in [0.2, 0.25) is 0 Å². The molecular weight excluding hydrogens is 183 g/mol. The average Bonchev–Trinajstić information content (AvgIpc) is 2.15. The van der Waals surface area contributed by atoms with Gasteiger partial charge in [0.2, 0.25) is 0 Å². The molecule has 2 heteroatoms. The Balaban J connectivity index is 3.06. The van der Waals surface area contributed by atoms with E-state index < -0.39 is 0 Å². The van der Waals surface area contributed by atoms with E-state index in [-0.39, 0.29) is 0 Å². The van der Waals surface area contributed by atoms with Gasteiger partial charge in [0.1, 0.15) is 0 Å². The van der Waals surface area contributed by atoms with Crippen LogP contribution in [0, 0.1) is 10.3 Å². The van der Waals surface area contributed by atoms with Crippen LogP contribution in [0.25, 0.3) is 8.96 Å². The van der Waals surface area contributed by atoms with Crippen LogP contribution in [-0.4, -0.2) is 14.5 Å². The van der Waals surface area contributed by atoms with Crippen molar-refractivity contribution in [1.29, 1.82) is 0 Å². The Hall–Kier alpha value is -0.0405. The van der Waals surface area contributed by atoms with Gasteiger partial charge in [-0.05, 0) is 0 Å². The summed E-state index contributed by atoms with van der Waals surface area (Å²) in [6, 6.07) is 4.13. The topological polar surface area (TPSA) is 0 Å². The second kappa shape index (κ2) is 1.73. The first kappa shape index (κ1) is 4.80. The molecule has 8 heavy (non-hydrogen) atoms. The van der Waals surface area contributed by atoms with Gasteiger partial charge < -0.3 is 0 Å². The third-order valence-corrected chi connectivity index (χ3v) is 3.71. The summed E-state index contributed by atoms with van der Waals surface area (Å²) in [6.45, 7) is 0. The zero-order valence-electron chi connectivity index (χ0n) is 3.97. The second-order valence-electron chi connectivity index (χ2n) is 1.46. The zero-order valence-corrected chi connectivity index (χ0v) is 6.50. The molecule has 0 N–H and O–H groups in total.